The predicted molar refractivity (Wildman–Crippen MR) is 105 cm³/mol. The first kappa shape index (κ1) is 19.1. The normalized spacial score (nSPS) is 18.1. The first-order valence-electron chi connectivity index (χ1n) is 8.68. The van der Waals surface area contributed by atoms with E-state index in [1.807, 2.05) is 18.8 Å². The van der Waals surface area contributed by atoms with Gasteiger partial charge in [-0.1, -0.05) is 24.3 Å². The largest absolute Gasteiger partial charge is 0.374 e. The molecule has 1 aromatic carbocycles. The molecule has 0 atom stereocenters. The first-order chi connectivity index (χ1) is 11.4. The molecule has 0 aromatic heterocycles. The van der Waals surface area contributed by atoms with Crippen molar-refractivity contribution < 1.29 is 4.74 Å². The number of benzene rings is 1. The van der Waals surface area contributed by atoms with Crippen molar-refractivity contribution in [3.05, 3.63) is 35.4 Å². The summed E-state index contributed by atoms with van der Waals surface area (Å²) in [5, 5.41) is 3.50. The van der Waals surface area contributed by atoms with Gasteiger partial charge in [0.1, 0.15) is 0 Å². The Morgan fingerprint density at radius 1 is 1.29 bits per heavy atom. The molecule has 0 aliphatic carbocycles. The van der Waals surface area contributed by atoms with Gasteiger partial charge in [0.15, 0.2) is 5.96 Å². The monoisotopic (exact) mass is 349 g/mol. The summed E-state index contributed by atoms with van der Waals surface area (Å²) in [6.07, 6.45) is 0.265. The number of aliphatic imine (C=N–C) groups is 1. The lowest BCUT2D eigenvalue weighted by atomic mass is 10.1. The van der Waals surface area contributed by atoms with Crippen molar-refractivity contribution in [1.29, 1.82) is 0 Å². The third-order valence-electron chi connectivity index (χ3n) is 3.99. The van der Waals surface area contributed by atoms with Crippen LogP contribution < -0.4 is 5.32 Å². The second-order valence-electron chi connectivity index (χ2n) is 7.11. The lowest BCUT2D eigenvalue weighted by Crippen LogP contribution is -2.50. The minimum Gasteiger partial charge on any atom is -0.374 e. The maximum atomic E-state index is 5.64. The second kappa shape index (κ2) is 8.77. The number of rotatable bonds is 5. The number of ether oxygens (including phenoxy) is 1. The SMILES string of the molecule is CN=C(NCc1ccc(COC(C)C)cc1)N1CCSC(C)(C)C1. The van der Waals surface area contributed by atoms with E-state index in [4.69, 9.17) is 4.74 Å². The zero-order valence-corrected chi connectivity index (χ0v) is 16.4. The summed E-state index contributed by atoms with van der Waals surface area (Å²) in [4.78, 5) is 6.82. The highest BCUT2D eigenvalue weighted by Gasteiger charge is 2.28. The average molecular weight is 350 g/mol. The Morgan fingerprint density at radius 3 is 2.54 bits per heavy atom. The Balaban J connectivity index is 1.87. The summed E-state index contributed by atoms with van der Waals surface area (Å²) in [6.45, 7) is 12.3. The van der Waals surface area contributed by atoms with Gasteiger partial charge in [0, 0.05) is 37.2 Å². The van der Waals surface area contributed by atoms with Crippen molar-refractivity contribution in [2.75, 3.05) is 25.9 Å². The highest BCUT2D eigenvalue weighted by atomic mass is 32.2. The van der Waals surface area contributed by atoms with E-state index in [2.05, 4.69) is 67.2 Å². The van der Waals surface area contributed by atoms with Gasteiger partial charge >= 0.3 is 0 Å². The molecule has 1 heterocycles. The lowest BCUT2D eigenvalue weighted by Gasteiger charge is -2.39. The molecule has 0 amide bonds. The van der Waals surface area contributed by atoms with E-state index in [-0.39, 0.29) is 10.9 Å². The molecule has 5 heteroatoms. The van der Waals surface area contributed by atoms with Gasteiger partial charge in [-0.05, 0) is 38.8 Å². The van der Waals surface area contributed by atoms with E-state index in [9.17, 15) is 0 Å². The van der Waals surface area contributed by atoms with Gasteiger partial charge in [-0.3, -0.25) is 4.99 Å². The maximum Gasteiger partial charge on any atom is 0.193 e. The van der Waals surface area contributed by atoms with Crippen LogP contribution in [0.4, 0.5) is 0 Å². The zero-order chi connectivity index (χ0) is 17.6. The molecule has 134 valence electrons. The molecule has 1 aliphatic rings. The van der Waals surface area contributed by atoms with E-state index < -0.39 is 0 Å². The van der Waals surface area contributed by atoms with E-state index >= 15 is 0 Å². The topological polar surface area (TPSA) is 36.9 Å². The summed E-state index contributed by atoms with van der Waals surface area (Å²) >= 11 is 2.04. The van der Waals surface area contributed by atoms with E-state index in [0.29, 0.717) is 6.61 Å². The van der Waals surface area contributed by atoms with Gasteiger partial charge in [-0.15, -0.1) is 0 Å². The molecule has 1 N–H and O–H groups in total. The van der Waals surface area contributed by atoms with Crippen molar-refractivity contribution in [3.63, 3.8) is 0 Å². The highest BCUT2D eigenvalue weighted by molar-refractivity contribution is 8.00. The molecule has 0 unspecified atom stereocenters. The first-order valence-corrected chi connectivity index (χ1v) is 9.67. The fraction of sp³-hybridized carbons (Fsp3) is 0.632. The van der Waals surface area contributed by atoms with Crippen molar-refractivity contribution >= 4 is 17.7 Å². The van der Waals surface area contributed by atoms with Crippen LogP contribution in [-0.4, -0.2) is 47.6 Å². The molecular weight excluding hydrogens is 318 g/mol. The Hall–Kier alpha value is -1.20. The minimum atomic E-state index is 0.265. The van der Waals surface area contributed by atoms with Crippen molar-refractivity contribution in [2.24, 2.45) is 4.99 Å². The van der Waals surface area contributed by atoms with Crippen LogP contribution in [0.3, 0.4) is 0 Å². The smallest absolute Gasteiger partial charge is 0.193 e. The molecule has 0 spiro atoms. The average Bonchev–Trinajstić information content (AvgIpc) is 2.53. The van der Waals surface area contributed by atoms with Crippen LogP contribution >= 0.6 is 11.8 Å². The Bertz CT molecular complexity index is 540. The van der Waals surface area contributed by atoms with E-state index in [1.165, 1.54) is 11.1 Å². The van der Waals surface area contributed by atoms with Crippen LogP contribution in [0.1, 0.15) is 38.8 Å². The third-order valence-corrected chi connectivity index (χ3v) is 5.29. The van der Waals surface area contributed by atoms with Gasteiger partial charge in [-0.2, -0.15) is 11.8 Å². The third kappa shape index (κ3) is 6.02. The van der Waals surface area contributed by atoms with Crippen LogP contribution in [0.15, 0.2) is 29.3 Å². The molecule has 2 rings (SSSR count). The summed E-state index contributed by atoms with van der Waals surface area (Å²) in [5.41, 5.74) is 2.47. The highest BCUT2D eigenvalue weighted by Crippen LogP contribution is 2.29. The molecule has 0 radical (unpaired) electrons. The number of nitrogens with one attached hydrogen (secondary N) is 1. The fourth-order valence-corrected chi connectivity index (χ4v) is 3.84. The Morgan fingerprint density at radius 2 is 1.96 bits per heavy atom. The summed E-state index contributed by atoms with van der Waals surface area (Å²) in [7, 11) is 1.86. The van der Waals surface area contributed by atoms with Gasteiger partial charge < -0.3 is 15.0 Å². The molecule has 1 aromatic rings. The van der Waals surface area contributed by atoms with Crippen molar-refractivity contribution in [2.45, 2.75) is 51.7 Å². The van der Waals surface area contributed by atoms with E-state index in [1.54, 1.807) is 0 Å². The fourth-order valence-electron chi connectivity index (χ4n) is 2.73. The van der Waals surface area contributed by atoms with E-state index in [0.717, 1.165) is 31.3 Å². The minimum absolute atomic E-state index is 0.265. The second-order valence-corrected chi connectivity index (χ2v) is 8.91. The zero-order valence-electron chi connectivity index (χ0n) is 15.6. The Labute approximate surface area is 151 Å². The number of hydrogen-bond donors (Lipinski definition) is 1. The lowest BCUT2D eigenvalue weighted by molar-refractivity contribution is 0.0657. The molecule has 0 saturated carbocycles. The molecule has 0 bridgehead atoms. The van der Waals surface area contributed by atoms with Crippen molar-refractivity contribution in [1.82, 2.24) is 10.2 Å². The maximum absolute atomic E-state index is 5.64. The number of hydrogen-bond acceptors (Lipinski definition) is 3. The number of thioether (sulfide) groups is 1. The molecule has 4 nitrogen and oxygen atoms in total. The summed E-state index contributed by atoms with van der Waals surface area (Å²) in [5.74, 6) is 2.15. The van der Waals surface area contributed by atoms with Gasteiger partial charge in [-0.25, -0.2) is 0 Å². The van der Waals surface area contributed by atoms with Crippen LogP contribution in [0.25, 0.3) is 0 Å². The van der Waals surface area contributed by atoms with Gasteiger partial charge in [0.2, 0.25) is 0 Å². The molecule has 1 fully saturated rings. The van der Waals surface area contributed by atoms with Crippen LogP contribution in [0, 0.1) is 0 Å². The Kier molecular flexibility index (Phi) is 6.99. The van der Waals surface area contributed by atoms with Crippen LogP contribution in [-0.2, 0) is 17.9 Å². The summed E-state index contributed by atoms with van der Waals surface area (Å²) in [6, 6.07) is 8.61. The molecule has 1 saturated heterocycles. The standard InChI is InChI=1S/C19H31N3OS/c1-15(2)23-13-17-8-6-16(7-9-17)12-21-18(20-5)22-10-11-24-19(3,4)14-22/h6-9,15H,10-14H2,1-5H3,(H,20,21). The number of nitrogens with zero attached hydrogens (tertiary/aromatic N) is 2. The molecular formula is C19H31N3OS. The van der Waals surface area contributed by atoms with Gasteiger partial charge in [0.25, 0.3) is 0 Å². The quantitative estimate of drug-likeness (QED) is 0.652. The summed E-state index contributed by atoms with van der Waals surface area (Å²) < 4.78 is 5.92. The number of guanidine groups is 1. The van der Waals surface area contributed by atoms with Crippen molar-refractivity contribution in [3.8, 4) is 0 Å². The molecule has 24 heavy (non-hydrogen) atoms. The molecule has 1 aliphatic heterocycles. The van der Waals surface area contributed by atoms with Crippen LogP contribution in [0.2, 0.25) is 0 Å². The predicted octanol–water partition coefficient (Wildman–Crippen LogP) is 3.51. The van der Waals surface area contributed by atoms with Crippen LogP contribution in [0.5, 0.6) is 0 Å². The van der Waals surface area contributed by atoms with Gasteiger partial charge in [0.05, 0.1) is 12.7 Å².